The van der Waals surface area contributed by atoms with Gasteiger partial charge in [0.25, 0.3) is 0 Å². The van der Waals surface area contributed by atoms with Crippen molar-refractivity contribution >= 4 is 11.6 Å². The van der Waals surface area contributed by atoms with Crippen LogP contribution in [0.4, 0.5) is 5.69 Å². The van der Waals surface area contributed by atoms with Gasteiger partial charge in [-0.1, -0.05) is 25.0 Å². The van der Waals surface area contributed by atoms with Crippen LogP contribution in [0.25, 0.3) is 11.3 Å². The Hall–Kier alpha value is -2.14. The number of carbonyl (C=O) groups excluding carboxylic acids is 1. The number of aromatic nitrogens is 1. The van der Waals surface area contributed by atoms with Gasteiger partial charge in [-0.05, 0) is 25.0 Å². The standard InChI is InChI=1S/C16H19N3O2/c17-16(6-1-2-7-16)9-15(20)19-13-5-3-4-12(8-13)14-10-18-11-21-14/h3-5,8,10-11H,1-2,6-7,9,17H2,(H,19,20). The molecule has 5 nitrogen and oxygen atoms in total. The average Bonchev–Trinajstić information content (AvgIpc) is 3.10. The highest BCUT2D eigenvalue weighted by atomic mass is 16.3. The Bertz CT molecular complexity index is 616. The Labute approximate surface area is 123 Å². The van der Waals surface area contributed by atoms with Gasteiger partial charge in [-0.25, -0.2) is 4.98 Å². The second-order valence-electron chi connectivity index (χ2n) is 5.74. The number of nitrogens with zero attached hydrogens (tertiary/aromatic N) is 1. The zero-order valence-corrected chi connectivity index (χ0v) is 11.8. The number of anilines is 1. The molecule has 1 amide bonds. The molecule has 1 saturated carbocycles. The summed E-state index contributed by atoms with van der Waals surface area (Å²) in [6.07, 6.45) is 7.50. The molecule has 0 spiro atoms. The second-order valence-corrected chi connectivity index (χ2v) is 5.74. The fourth-order valence-corrected chi connectivity index (χ4v) is 2.89. The summed E-state index contributed by atoms with van der Waals surface area (Å²) in [5.74, 6) is 0.645. The van der Waals surface area contributed by atoms with Crippen molar-refractivity contribution in [1.82, 2.24) is 4.98 Å². The molecular weight excluding hydrogens is 266 g/mol. The Balaban J connectivity index is 1.67. The molecule has 1 heterocycles. The summed E-state index contributed by atoms with van der Waals surface area (Å²) in [6.45, 7) is 0. The highest BCUT2D eigenvalue weighted by Gasteiger charge is 2.31. The van der Waals surface area contributed by atoms with Crippen LogP contribution in [0.1, 0.15) is 32.1 Å². The van der Waals surface area contributed by atoms with E-state index in [0.29, 0.717) is 12.2 Å². The van der Waals surface area contributed by atoms with E-state index in [-0.39, 0.29) is 11.4 Å². The van der Waals surface area contributed by atoms with Gasteiger partial charge in [0.15, 0.2) is 12.2 Å². The molecule has 1 aromatic carbocycles. The number of benzene rings is 1. The van der Waals surface area contributed by atoms with Gasteiger partial charge >= 0.3 is 0 Å². The predicted molar refractivity (Wildman–Crippen MR) is 80.6 cm³/mol. The highest BCUT2D eigenvalue weighted by Crippen LogP contribution is 2.30. The summed E-state index contributed by atoms with van der Waals surface area (Å²) >= 11 is 0. The molecule has 21 heavy (non-hydrogen) atoms. The minimum atomic E-state index is -0.327. The van der Waals surface area contributed by atoms with Gasteiger partial charge in [-0.15, -0.1) is 0 Å². The molecule has 1 aliphatic carbocycles. The number of oxazole rings is 1. The second kappa shape index (κ2) is 5.69. The first kappa shape index (κ1) is 13.8. The molecule has 3 rings (SSSR count). The fourth-order valence-electron chi connectivity index (χ4n) is 2.89. The van der Waals surface area contributed by atoms with E-state index in [0.717, 1.165) is 36.9 Å². The lowest BCUT2D eigenvalue weighted by atomic mass is 9.94. The van der Waals surface area contributed by atoms with Crippen molar-refractivity contribution in [2.45, 2.75) is 37.6 Å². The third-order valence-electron chi connectivity index (χ3n) is 3.98. The third kappa shape index (κ3) is 3.31. The lowest BCUT2D eigenvalue weighted by Gasteiger charge is -2.22. The van der Waals surface area contributed by atoms with E-state index in [1.54, 1.807) is 6.20 Å². The van der Waals surface area contributed by atoms with Crippen molar-refractivity contribution in [2.24, 2.45) is 5.73 Å². The van der Waals surface area contributed by atoms with Gasteiger partial charge in [0.2, 0.25) is 5.91 Å². The van der Waals surface area contributed by atoms with Crippen molar-refractivity contribution in [1.29, 1.82) is 0 Å². The number of nitrogens with one attached hydrogen (secondary N) is 1. The fraction of sp³-hybridized carbons (Fsp3) is 0.375. The van der Waals surface area contributed by atoms with Crippen LogP contribution >= 0.6 is 0 Å². The first-order valence-electron chi connectivity index (χ1n) is 7.22. The smallest absolute Gasteiger partial charge is 0.226 e. The van der Waals surface area contributed by atoms with Crippen LogP contribution in [0.3, 0.4) is 0 Å². The molecule has 0 aliphatic heterocycles. The first-order chi connectivity index (χ1) is 10.1. The number of amides is 1. The maximum Gasteiger partial charge on any atom is 0.226 e. The summed E-state index contributed by atoms with van der Waals surface area (Å²) in [5.41, 5.74) is 7.54. The maximum atomic E-state index is 12.1. The van der Waals surface area contributed by atoms with E-state index in [1.165, 1.54) is 6.39 Å². The summed E-state index contributed by atoms with van der Waals surface area (Å²) in [5, 5.41) is 2.92. The molecule has 0 saturated heterocycles. The summed E-state index contributed by atoms with van der Waals surface area (Å²) in [6, 6.07) is 7.52. The van der Waals surface area contributed by atoms with Crippen LogP contribution in [0, 0.1) is 0 Å². The number of carbonyl (C=O) groups is 1. The van der Waals surface area contributed by atoms with E-state index >= 15 is 0 Å². The molecule has 3 N–H and O–H groups in total. The van der Waals surface area contributed by atoms with Crippen molar-refractivity contribution in [3.63, 3.8) is 0 Å². The number of hydrogen-bond acceptors (Lipinski definition) is 4. The van der Waals surface area contributed by atoms with Crippen LogP contribution in [-0.4, -0.2) is 16.4 Å². The number of rotatable bonds is 4. The molecule has 0 bridgehead atoms. The number of hydrogen-bond donors (Lipinski definition) is 2. The zero-order valence-electron chi connectivity index (χ0n) is 11.8. The quantitative estimate of drug-likeness (QED) is 0.905. The summed E-state index contributed by atoms with van der Waals surface area (Å²) in [7, 11) is 0. The Morgan fingerprint density at radius 1 is 1.38 bits per heavy atom. The van der Waals surface area contributed by atoms with Crippen LogP contribution < -0.4 is 11.1 Å². The van der Waals surface area contributed by atoms with Crippen molar-refractivity contribution in [3.8, 4) is 11.3 Å². The third-order valence-corrected chi connectivity index (χ3v) is 3.98. The van der Waals surface area contributed by atoms with Crippen molar-refractivity contribution in [2.75, 3.05) is 5.32 Å². The molecule has 110 valence electrons. The maximum absolute atomic E-state index is 12.1. The highest BCUT2D eigenvalue weighted by molar-refractivity contribution is 5.92. The van der Waals surface area contributed by atoms with Crippen LogP contribution in [0.2, 0.25) is 0 Å². The molecule has 0 radical (unpaired) electrons. The molecule has 1 aliphatic rings. The van der Waals surface area contributed by atoms with Gasteiger partial charge in [0.05, 0.1) is 6.20 Å². The average molecular weight is 285 g/mol. The van der Waals surface area contributed by atoms with E-state index in [2.05, 4.69) is 10.3 Å². The largest absolute Gasteiger partial charge is 0.444 e. The molecule has 1 fully saturated rings. The number of nitrogens with two attached hydrogens (primary N) is 1. The lowest BCUT2D eigenvalue weighted by molar-refractivity contribution is -0.117. The van der Waals surface area contributed by atoms with Gasteiger partial charge in [-0.2, -0.15) is 0 Å². The molecule has 0 unspecified atom stereocenters. The molecule has 2 aromatic rings. The first-order valence-corrected chi connectivity index (χ1v) is 7.22. The van der Waals surface area contributed by atoms with E-state index in [4.69, 9.17) is 10.2 Å². The zero-order chi connectivity index (χ0) is 14.7. The normalized spacial score (nSPS) is 16.8. The predicted octanol–water partition coefficient (Wildman–Crippen LogP) is 2.94. The molecule has 0 atom stereocenters. The van der Waals surface area contributed by atoms with E-state index in [9.17, 15) is 4.79 Å². The van der Waals surface area contributed by atoms with Gasteiger partial charge in [0.1, 0.15) is 0 Å². The van der Waals surface area contributed by atoms with Gasteiger partial charge in [0, 0.05) is 23.2 Å². The Morgan fingerprint density at radius 3 is 2.90 bits per heavy atom. The van der Waals surface area contributed by atoms with Crippen LogP contribution in [0.5, 0.6) is 0 Å². The Morgan fingerprint density at radius 2 is 2.19 bits per heavy atom. The van der Waals surface area contributed by atoms with Crippen molar-refractivity contribution in [3.05, 3.63) is 36.9 Å². The molecular formula is C16H19N3O2. The van der Waals surface area contributed by atoms with Crippen LogP contribution in [-0.2, 0) is 4.79 Å². The minimum absolute atomic E-state index is 0.0332. The van der Waals surface area contributed by atoms with E-state index < -0.39 is 0 Å². The topological polar surface area (TPSA) is 81.2 Å². The lowest BCUT2D eigenvalue weighted by Crippen LogP contribution is -2.40. The summed E-state index contributed by atoms with van der Waals surface area (Å²) in [4.78, 5) is 16.0. The minimum Gasteiger partial charge on any atom is -0.444 e. The molecule has 1 aromatic heterocycles. The summed E-state index contributed by atoms with van der Waals surface area (Å²) < 4.78 is 5.26. The molecule has 5 heteroatoms. The van der Waals surface area contributed by atoms with Crippen molar-refractivity contribution < 1.29 is 9.21 Å². The van der Waals surface area contributed by atoms with Gasteiger partial charge < -0.3 is 15.5 Å². The van der Waals surface area contributed by atoms with Crippen LogP contribution in [0.15, 0.2) is 41.3 Å². The van der Waals surface area contributed by atoms with Gasteiger partial charge in [-0.3, -0.25) is 4.79 Å². The van der Waals surface area contributed by atoms with E-state index in [1.807, 2.05) is 24.3 Å². The monoisotopic (exact) mass is 285 g/mol. The SMILES string of the molecule is NC1(CC(=O)Nc2cccc(-c3cnco3)c2)CCCC1. The Kier molecular flexibility index (Phi) is 3.75.